The zero-order valence-corrected chi connectivity index (χ0v) is 14.2. The summed E-state index contributed by atoms with van der Waals surface area (Å²) in [6.07, 6.45) is 0. The normalized spacial score (nSPS) is 9.96. The van der Waals surface area contributed by atoms with Crippen molar-refractivity contribution in [3.05, 3.63) is 55.3 Å². The van der Waals surface area contributed by atoms with Crippen molar-refractivity contribution in [1.82, 2.24) is 0 Å². The number of amides is 1. The smallest absolute Gasteiger partial charge is 0.339 e. The quantitative estimate of drug-likeness (QED) is 0.497. The van der Waals surface area contributed by atoms with Crippen LogP contribution >= 0.6 is 11.3 Å². The molecule has 0 aliphatic heterocycles. The van der Waals surface area contributed by atoms with Crippen LogP contribution in [0.1, 0.15) is 25.7 Å². The van der Waals surface area contributed by atoms with Crippen molar-refractivity contribution < 1.29 is 19.2 Å². The number of thiophene rings is 1. The van der Waals surface area contributed by atoms with Gasteiger partial charge in [0.2, 0.25) is 0 Å². The van der Waals surface area contributed by atoms with Gasteiger partial charge in [0.25, 0.3) is 11.6 Å². The van der Waals surface area contributed by atoms with Crippen LogP contribution in [-0.4, -0.2) is 23.4 Å². The number of hydrogen-bond donors (Lipinski definition) is 1. The van der Waals surface area contributed by atoms with Gasteiger partial charge in [-0.1, -0.05) is 0 Å². The zero-order valence-electron chi connectivity index (χ0n) is 13.4. The third-order valence-corrected chi connectivity index (χ3v) is 4.17. The number of nitro groups is 1. The van der Waals surface area contributed by atoms with Gasteiger partial charge in [0, 0.05) is 21.9 Å². The molecule has 1 heterocycles. The molecule has 9 heteroatoms. The summed E-state index contributed by atoms with van der Waals surface area (Å²) >= 11 is 1.45. The molecule has 8 nitrogen and oxygen atoms in total. The third kappa shape index (κ3) is 4.39. The van der Waals surface area contributed by atoms with Crippen LogP contribution in [0.15, 0.2) is 24.3 Å². The van der Waals surface area contributed by atoms with Crippen molar-refractivity contribution in [2.45, 2.75) is 13.8 Å². The first kappa shape index (κ1) is 18.1. The van der Waals surface area contributed by atoms with E-state index in [-0.39, 0.29) is 16.9 Å². The number of rotatable bonds is 5. The standard InChI is InChI=1S/C16H13N3O5S/c1-9-5-13(10(2)25-9)16(21)24-8-15(20)18-14-4-3-12(19(22)23)6-11(14)7-17/h3-6H,8H2,1-2H3,(H,18,20). The predicted molar refractivity (Wildman–Crippen MR) is 90.5 cm³/mol. The van der Waals surface area contributed by atoms with Crippen LogP contribution in [0.5, 0.6) is 0 Å². The molecule has 0 radical (unpaired) electrons. The van der Waals surface area contributed by atoms with Crippen LogP contribution in [-0.2, 0) is 9.53 Å². The highest BCUT2D eigenvalue weighted by atomic mass is 32.1. The Labute approximate surface area is 146 Å². The van der Waals surface area contributed by atoms with E-state index < -0.39 is 23.4 Å². The molecule has 0 aliphatic rings. The van der Waals surface area contributed by atoms with E-state index in [2.05, 4.69) is 5.32 Å². The molecule has 1 N–H and O–H groups in total. The second kappa shape index (κ2) is 7.55. The minimum absolute atomic E-state index is 0.0572. The van der Waals surface area contributed by atoms with Crippen molar-refractivity contribution in [2.75, 3.05) is 11.9 Å². The molecular formula is C16H13N3O5S. The van der Waals surface area contributed by atoms with Gasteiger partial charge >= 0.3 is 5.97 Å². The summed E-state index contributed by atoms with van der Waals surface area (Å²) in [5, 5.41) is 22.1. The van der Waals surface area contributed by atoms with Crippen LogP contribution in [0.4, 0.5) is 11.4 Å². The van der Waals surface area contributed by atoms with E-state index in [1.807, 2.05) is 6.92 Å². The first-order chi connectivity index (χ1) is 11.8. The van der Waals surface area contributed by atoms with Gasteiger partial charge in [-0.3, -0.25) is 14.9 Å². The molecule has 0 fully saturated rings. The van der Waals surface area contributed by atoms with Gasteiger partial charge in [-0.15, -0.1) is 11.3 Å². The Kier molecular flexibility index (Phi) is 5.46. The predicted octanol–water partition coefficient (Wildman–Crippen LogP) is 2.94. The summed E-state index contributed by atoms with van der Waals surface area (Å²) < 4.78 is 4.96. The maximum atomic E-state index is 12.0. The lowest BCUT2D eigenvalue weighted by molar-refractivity contribution is -0.384. The first-order valence-corrected chi connectivity index (χ1v) is 7.86. The molecule has 0 spiro atoms. The molecule has 25 heavy (non-hydrogen) atoms. The number of non-ortho nitro benzene ring substituents is 1. The maximum Gasteiger partial charge on any atom is 0.339 e. The van der Waals surface area contributed by atoms with E-state index in [9.17, 15) is 19.7 Å². The molecule has 0 saturated heterocycles. The lowest BCUT2D eigenvalue weighted by Crippen LogP contribution is -2.21. The second-order valence-corrected chi connectivity index (χ2v) is 6.51. The maximum absolute atomic E-state index is 12.0. The highest BCUT2D eigenvalue weighted by Crippen LogP contribution is 2.22. The number of carbonyl (C=O) groups is 2. The fourth-order valence-electron chi connectivity index (χ4n) is 2.08. The number of nitrogens with one attached hydrogen (secondary N) is 1. The monoisotopic (exact) mass is 359 g/mol. The lowest BCUT2D eigenvalue weighted by atomic mass is 10.1. The Hall–Kier alpha value is -3.25. The van der Waals surface area contributed by atoms with Gasteiger partial charge < -0.3 is 10.1 Å². The Morgan fingerprint density at radius 3 is 2.64 bits per heavy atom. The average Bonchev–Trinajstić information content (AvgIpc) is 2.91. The van der Waals surface area contributed by atoms with Crippen molar-refractivity contribution in [3.8, 4) is 6.07 Å². The SMILES string of the molecule is Cc1cc(C(=O)OCC(=O)Nc2ccc([N+](=O)[O-])cc2C#N)c(C)s1. The highest BCUT2D eigenvalue weighted by Gasteiger charge is 2.16. The fourth-order valence-corrected chi connectivity index (χ4v) is 2.99. The zero-order chi connectivity index (χ0) is 18.6. The summed E-state index contributed by atoms with van der Waals surface area (Å²) in [4.78, 5) is 35.7. The average molecular weight is 359 g/mol. The largest absolute Gasteiger partial charge is 0.452 e. The number of esters is 1. The van der Waals surface area contributed by atoms with Crippen molar-refractivity contribution >= 4 is 34.6 Å². The van der Waals surface area contributed by atoms with Gasteiger partial charge in [0.15, 0.2) is 6.61 Å². The Balaban J connectivity index is 2.01. The highest BCUT2D eigenvalue weighted by molar-refractivity contribution is 7.12. The van der Waals surface area contributed by atoms with E-state index in [1.54, 1.807) is 19.1 Å². The van der Waals surface area contributed by atoms with Gasteiger partial charge in [-0.05, 0) is 26.0 Å². The number of nitriles is 1. The molecule has 0 saturated carbocycles. The Morgan fingerprint density at radius 1 is 1.36 bits per heavy atom. The summed E-state index contributed by atoms with van der Waals surface area (Å²) in [5.74, 6) is -1.26. The van der Waals surface area contributed by atoms with Gasteiger partial charge in [-0.25, -0.2) is 4.79 Å². The molecule has 0 atom stereocenters. The summed E-state index contributed by atoms with van der Waals surface area (Å²) in [6, 6.07) is 6.93. The van der Waals surface area contributed by atoms with E-state index in [4.69, 9.17) is 10.00 Å². The molecule has 0 aliphatic carbocycles. The number of benzene rings is 1. The molecule has 1 aromatic carbocycles. The van der Waals surface area contributed by atoms with Crippen LogP contribution < -0.4 is 5.32 Å². The van der Waals surface area contributed by atoms with Crippen molar-refractivity contribution in [3.63, 3.8) is 0 Å². The van der Waals surface area contributed by atoms with E-state index in [0.29, 0.717) is 5.56 Å². The molecular weight excluding hydrogens is 346 g/mol. The molecule has 1 amide bonds. The minimum Gasteiger partial charge on any atom is -0.452 e. The number of hydrogen-bond acceptors (Lipinski definition) is 7. The van der Waals surface area contributed by atoms with Crippen molar-refractivity contribution in [1.29, 1.82) is 5.26 Å². The van der Waals surface area contributed by atoms with E-state index >= 15 is 0 Å². The van der Waals surface area contributed by atoms with Crippen LogP contribution in [0, 0.1) is 35.3 Å². The number of carbonyl (C=O) groups excluding carboxylic acids is 2. The Bertz CT molecular complexity index is 898. The van der Waals surface area contributed by atoms with Gasteiger partial charge in [0.1, 0.15) is 6.07 Å². The van der Waals surface area contributed by atoms with Gasteiger partial charge in [0.05, 0.1) is 21.7 Å². The molecule has 1 aromatic heterocycles. The van der Waals surface area contributed by atoms with E-state index in [1.165, 1.54) is 23.5 Å². The van der Waals surface area contributed by atoms with Crippen molar-refractivity contribution in [2.24, 2.45) is 0 Å². The van der Waals surface area contributed by atoms with Crippen LogP contribution in [0.25, 0.3) is 0 Å². The molecule has 0 unspecified atom stereocenters. The summed E-state index contributed by atoms with van der Waals surface area (Å²) in [7, 11) is 0. The third-order valence-electron chi connectivity index (χ3n) is 3.20. The molecule has 128 valence electrons. The number of nitro benzene ring substituents is 1. The first-order valence-electron chi connectivity index (χ1n) is 7.04. The van der Waals surface area contributed by atoms with Gasteiger partial charge in [-0.2, -0.15) is 5.26 Å². The second-order valence-electron chi connectivity index (χ2n) is 5.05. The number of nitrogens with zero attached hydrogens (tertiary/aromatic N) is 2. The number of aryl methyl sites for hydroxylation is 2. The molecule has 2 aromatic rings. The van der Waals surface area contributed by atoms with Crippen LogP contribution in [0.2, 0.25) is 0 Å². The molecule has 2 rings (SSSR count). The molecule has 0 bridgehead atoms. The fraction of sp³-hybridized carbons (Fsp3) is 0.188. The van der Waals surface area contributed by atoms with Crippen LogP contribution in [0.3, 0.4) is 0 Å². The lowest BCUT2D eigenvalue weighted by Gasteiger charge is -2.08. The topological polar surface area (TPSA) is 122 Å². The minimum atomic E-state index is -0.650. The number of ether oxygens (including phenoxy) is 1. The number of anilines is 1. The summed E-state index contributed by atoms with van der Waals surface area (Å²) in [6.45, 7) is 3.11. The summed E-state index contributed by atoms with van der Waals surface area (Å²) in [5.41, 5.74) is 0.197. The van der Waals surface area contributed by atoms with E-state index in [0.717, 1.165) is 15.8 Å². The Morgan fingerprint density at radius 2 is 2.08 bits per heavy atom.